The van der Waals surface area contributed by atoms with Gasteiger partial charge in [-0.05, 0) is 49.4 Å². The van der Waals surface area contributed by atoms with E-state index < -0.39 is 0 Å². The Morgan fingerprint density at radius 1 is 1.12 bits per heavy atom. The van der Waals surface area contributed by atoms with E-state index in [4.69, 9.17) is 0 Å². The minimum Gasteiger partial charge on any atom is -0.396 e. The number of anilines is 2. The number of rotatable bonds is 4. The van der Waals surface area contributed by atoms with Gasteiger partial charge in [-0.3, -0.25) is 4.79 Å². The zero-order chi connectivity index (χ0) is 16.8. The summed E-state index contributed by atoms with van der Waals surface area (Å²) in [6.45, 7) is 2.01. The maximum atomic E-state index is 12.2. The van der Waals surface area contributed by atoms with Crippen molar-refractivity contribution in [2.75, 3.05) is 29.9 Å². The van der Waals surface area contributed by atoms with Gasteiger partial charge in [-0.15, -0.1) is 10.2 Å². The minimum atomic E-state index is -0.267. The summed E-state index contributed by atoms with van der Waals surface area (Å²) in [7, 11) is 0. The molecule has 2 heterocycles. The molecule has 24 heavy (non-hydrogen) atoms. The maximum absolute atomic E-state index is 12.2. The molecule has 0 spiro atoms. The molecule has 1 aliphatic rings. The van der Waals surface area contributed by atoms with Crippen molar-refractivity contribution in [2.24, 2.45) is 5.92 Å². The molecular formula is C18H22N4O2. The van der Waals surface area contributed by atoms with E-state index in [-0.39, 0.29) is 12.5 Å². The summed E-state index contributed by atoms with van der Waals surface area (Å²) in [6, 6.07) is 12.8. The molecule has 6 heteroatoms. The van der Waals surface area contributed by atoms with Crippen LogP contribution in [0, 0.1) is 5.92 Å². The normalized spacial score (nSPS) is 18.0. The number of hydrogen-bond acceptors (Lipinski definition) is 5. The predicted molar refractivity (Wildman–Crippen MR) is 93.1 cm³/mol. The van der Waals surface area contributed by atoms with Gasteiger partial charge in [0.05, 0.1) is 0 Å². The second-order valence-electron chi connectivity index (χ2n) is 6.06. The van der Waals surface area contributed by atoms with E-state index >= 15 is 0 Å². The van der Waals surface area contributed by atoms with E-state index in [2.05, 4.69) is 20.4 Å². The molecule has 2 aromatic rings. The van der Waals surface area contributed by atoms with Crippen LogP contribution in [0.4, 0.5) is 11.5 Å². The van der Waals surface area contributed by atoms with Crippen LogP contribution in [0.2, 0.25) is 0 Å². The number of para-hydroxylation sites is 1. The first kappa shape index (κ1) is 16.4. The van der Waals surface area contributed by atoms with Gasteiger partial charge in [0.15, 0.2) is 11.5 Å². The van der Waals surface area contributed by atoms with Crippen LogP contribution in [0.5, 0.6) is 0 Å². The van der Waals surface area contributed by atoms with E-state index in [1.54, 1.807) is 6.07 Å². The average molecular weight is 326 g/mol. The van der Waals surface area contributed by atoms with Gasteiger partial charge < -0.3 is 15.3 Å². The van der Waals surface area contributed by atoms with Crippen LogP contribution in [0.1, 0.15) is 29.8 Å². The van der Waals surface area contributed by atoms with Crippen LogP contribution in [-0.4, -0.2) is 40.9 Å². The Balaban J connectivity index is 1.63. The fourth-order valence-corrected chi connectivity index (χ4v) is 2.91. The van der Waals surface area contributed by atoms with Crippen molar-refractivity contribution in [3.05, 3.63) is 48.2 Å². The van der Waals surface area contributed by atoms with Crippen LogP contribution in [-0.2, 0) is 0 Å². The number of aromatic nitrogens is 2. The van der Waals surface area contributed by atoms with Crippen LogP contribution in [0.3, 0.4) is 0 Å². The van der Waals surface area contributed by atoms with E-state index in [1.807, 2.05) is 36.4 Å². The Kier molecular flexibility index (Phi) is 5.38. The van der Waals surface area contributed by atoms with E-state index in [1.165, 1.54) is 0 Å². The molecule has 0 radical (unpaired) electrons. The molecule has 1 amide bonds. The highest BCUT2D eigenvalue weighted by Gasteiger charge is 2.18. The van der Waals surface area contributed by atoms with Gasteiger partial charge in [-0.2, -0.15) is 0 Å². The number of carbonyl (C=O) groups is 1. The standard InChI is InChI=1S/C18H22N4O2/c23-13-14-5-4-11-22(12-10-14)17-9-8-16(20-21-17)18(24)19-15-6-2-1-3-7-15/h1-3,6-9,14,23H,4-5,10-13H2,(H,19,24). The van der Waals surface area contributed by atoms with Gasteiger partial charge in [0, 0.05) is 25.4 Å². The van der Waals surface area contributed by atoms with Crippen molar-refractivity contribution in [3.63, 3.8) is 0 Å². The number of benzene rings is 1. The highest BCUT2D eigenvalue weighted by atomic mass is 16.3. The molecule has 126 valence electrons. The molecule has 3 rings (SSSR count). The van der Waals surface area contributed by atoms with Gasteiger partial charge in [0.25, 0.3) is 5.91 Å². The molecule has 0 saturated carbocycles. The van der Waals surface area contributed by atoms with Crippen molar-refractivity contribution in [3.8, 4) is 0 Å². The molecule has 0 bridgehead atoms. The smallest absolute Gasteiger partial charge is 0.276 e. The number of aliphatic hydroxyl groups is 1. The monoisotopic (exact) mass is 326 g/mol. The van der Waals surface area contributed by atoms with Crippen LogP contribution in [0.25, 0.3) is 0 Å². The molecule has 1 unspecified atom stereocenters. The summed E-state index contributed by atoms with van der Waals surface area (Å²) in [4.78, 5) is 14.4. The third-order valence-corrected chi connectivity index (χ3v) is 4.34. The first-order valence-electron chi connectivity index (χ1n) is 8.32. The molecule has 1 fully saturated rings. The van der Waals surface area contributed by atoms with Crippen LogP contribution < -0.4 is 10.2 Å². The lowest BCUT2D eigenvalue weighted by atomic mass is 10.0. The van der Waals surface area contributed by atoms with Crippen molar-refractivity contribution in [2.45, 2.75) is 19.3 Å². The lowest BCUT2D eigenvalue weighted by Gasteiger charge is -2.21. The van der Waals surface area contributed by atoms with Crippen LogP contribution in [0.15, 0.2) is 42.5 Å². The zero-order valence-corrected chi connectivity index (χ0v) is 13.6. The third-order valence-electron chi connectivity index (χ3n) is 4.34. The Bertz CT molecular complexity index is 660. The molecule has 1 aliphatic heterocycles. The topological polar surface area (TPSA) is 78.4 Å². The minimum absolute atomic E-state index is 0.248. The van der Waals surface area contributed by atoms with Gasteiger partial charge in [-0.25, -0.2) is 0 Å². The van der Waals surface area contributed by atoms with Crippen molar-refractivity contribution < 1.29 is 9.90 Å². The van der Waals surface area contributed by atoms with E-state index in [9.17, 15) is 9.90 Å². The number of amides is 1. The largest absolute Gasteiger partial charge is 0.396 e. The molecule has 0 aliphatic carbocycles. The molecule has 1 saturated heterocycles. The highest BCUT2D eigenvalue weighted by molar-refractivity contribution is 6.02. The van der Waals surface area contributed by atoms with Crippen molar-refractivity contribution in [1.29, 1.82) is 0 Å². The maximum Gasteiger partial charge on any atom is 0.276 e. The quantitative estimate of drug-likeness (QED) is 0.901. The molecule has 6 nitrogen and oxygen atoms in total. The Labute approximate surface area is 141 Å². The third kappa shape index (κ3) is 4.08. The SMILES string of the molecule is O=C(Nc1ccccc1)c1ccc(N2CCCC(CO)CC2)nn1. The fraction of sp³-hybridized carbons (Fsp3) is 0.389. The van der Waals surface area contributed by atoms with Crippen molar-refractivity contribution in [1.82, 2.24) is 10.2 Å². The lowest BCUT2D eigenvalue weighted by Crippen LogP contribution is -2.26. The summed E-state index contributed by atoms with van der Waals surface area (Å²) in [5.41, 5.74) is 1.03. The number of nitrogens with zero attached hydrogens (tertiary/aromatic N) is 3. The van der Waals surface area contributed by atoms with Gasteiger partial charge in [0.2, 0.25) is 0 Å². The summed E-state index contributed by atoms with van der Waals surface area (Å²) in [5, 5.41) is 20.4. The average Bonchev–Trinajstić information content (AvgIpc) is 2.88. The number of nitrogens with one attached hydrogen (secondary N) is 1. The van der Waals surface area contributed by atoms with Gasteiger partial charge in [0.1, 0.15) is 0 Å². The molecule has 1 atom stereocenters. The van der Waals surface area contributed by atoms with Gasteiger partial charge >= 0.3 is 0 Å². The predicted octanol–water partition coefficient (Wildman–Crippen LogP) is 2.33. The summed E-state index contributed by atoms with van der Waals surface area (Å²) < 4.78 is 0. The fourth-order valence-electron chi connectivity index (χ4n) is 2.91. The highest BCUT2D eigenvalue weighted by Crippen LogP contribution is 2.20. The second-order valence-corrected chi connectivity index (χ2v) is 6.06. The molecule has 2 N–H and O–H groups in total. The Morgan fingerprint density at radius 3 is 2.67 bits per heavy atom. The number of hydrogen-bond donors (Lipinski definition) is 2. The molecular weight excluding hydrogens is 304 g/mol. The Morgan fingerprint density at radius 2 is 1.96 bits per heavy atom. The summed E-state index contributed by atoms with van der Waals surface area (Å²) in [5.74, 6) is 0.889. The summed E-state index contributed by atoms with van der Waals surface area (Å²) in [6.07, 6.45) is 3.02. The zero-order valence-electron chi connectivity index (χ0n) is 13.6. The summed E-state index contributed by atoms with van der Waals surface area (Å²) >= 11 is 0. The van der Waals surface area contributed by atoms with Gasteiger partial charge in [-0.1, -0.05) is 18.2 Å². The first-order valence-corrected chi connectivity index (χ1v) is 8.32. The lowest BCUT2D eigenvalue weighted by molar-refractivity contribution is 0.102. The second kappa shape index (κ2) is 7.88. The Hall–Kier alpha value is -2.47. The molecule has 1 aromatic carbocycles. The van der Waals surface area contributed by atoms with Crippen molar-refractivity contribution >= 4 is 17.4 Å². The number of aliphatic hydroxyl groups excluding tert-OH is 1. The first-order chi connectivity index (χ1) is 11.8. The van der Waals surface area contributed by atoms with E-state index in [0.29, 0.717) is 11.6 Å². The number of carbonyl (C=O) groups excluding carboxylic acids is 1. The van der Waals surface area contributed by atoms with Crippen LogP contribution >= 0.6 is 0 Å². The van der Waals surface area contributed by atoms with E-state index in [0.717, 1.165) is 43.9 Å². The molecule has 1 aromatic heterocycles.